The fourth-order valence-corrected chi connectivity index (χ4v) is 6.66. The third-order valence-corrected chi connectivity index (χ3v) is 9.19. The van der Waals surface area contributed by atoms with E-state index in [1.807, 2.05) is 72.6 Å². The third-order valence-electron chi connectivity index (χ3n) is 9.19. The Morgan fingerprint density at radius 3 is 2.50 bits per heavy atom. The van der Waals surface area contributed by atoms with Crippen molar-refractivity contribution < 1.29 is 14.4 Å². The molecule has 0 bridgehead atoms. The fourth-order valence-electron chi connectivity index (χ4n) is 6.66. The van der Waals surface area contributed by atoms with Gasteiger partial charge in [0.15, 0.2) is 0 Å². The second-order valence-corrected chi connectivity index (χ2v) is 12.5. The van der Waals surface area contributed by atoms with Gasteiger partial charge in [0.1, 0.15) is 11.6 Å². The van der Waals surface area contributed by atoms with E-state index in [-0.39, 0.29) is 30.1 Å². The molecule has 4 aromatic rings. The molecule has 240 valence electrons. The van der Waals surface area contributed by atoms with Crippen LogP contribution in [0.15, 0.2) is 73.1 Å². The minimum atomic E-state index is -0.616. The van der Waals surface area contributed by atoms with E-state index in [0.717, 1.165) is 60.1 Å². The maximum atomic E-state index is 14.4. The first kappa shape index (κ1) is 31.3. The molecular weight excluding hydrogens is 580 g/mol. The lowest BCUT2D eigenvalue weighted by molar-refractivity contribution is -0.140. The van der Waals surface area contributed by atoms with Gasteiger partial charge in [-0.25, -0.2) is 4.68 Å². The van der Waals surface area contributed by atoms with Crippen molar-refractivity contribution in [2.75, 3.05) is 19.6 Å². The zero-order valence-electron chi connectivity index (χ0n) is 26.3. The quantitative estimate of drug-likeness (QED) is 0.249. The van der Waals surface area contributed by atoms with E-state index < -0.39 is 12.1 Å². The molecule has 3 amide bonds. The van der Waals surface area contributed by atoms with Crippen LogP contribution >= 0.6 is 0 Å². The summed E-state index contributed by atoms with van der Waals surface area (Å²) in [5.41, 5.74) is 4.77. The molecule has 2 saturated heterocycles. The summed E-state index contributed by atoms with van der Waals surface area (Å²) in [5, 5.41) is 14.8. The lowest BCUT2D eigenvalue weighted by atomic mass is 9.97. The van der Waals surface area contributed by atoms with Gasteiger partial charge in [-0.3, -0.25) is 19.4 Å². The Labute approximate surface area is 269 Å². The highest BCUT2D eigenvalue weighted by molar-refractivity contribution is 5.91. The van der Waals surface area contributed by atoms with Gasteiger partial charge in [0.05, 0.1) is 11.6 Å². The van der Waals surface area contributed by atoms with E-state index in [0.29, 0.717) is 32.5 Å². The molecule has 2 N–H and O–H groups in total. The Balaban J connectivity index is 1.18. The second-order valence-electron chi connectivity index (χ2n) is 12.5. The van der Waals surface area contributed by atoms with Crippen LogP contribution < -0.4 is 10.6 Å². The molecule has 2 aromatic heterocycles. The normalized spacial score (nSPS) is 18.6. The zero-order chi connectivity index (χ0) is 31.9. The van der Waals surface area contributed by atoms with Gasteiger partial charge in [-0.1, -0.05) is 41.6 Å². The number of fused-ring (bicyclic) bond motifs is 1. The maximum absolute atomic E-state index is 14.4. The molecule has 0 unspecified atom stereocenters. The van der Waals surface area contributed by atoms with Crippen LogP contribution in [0.5, 0.6) is 0 Å². The number of hydrogen-bond donors (Lipinski definition) is 2. The summed E-state index contributed by atoms with van der Waals surface area (Å²) in [6.07, 6.45) is 7.55. The summed E-state index contributed by atoms with van der Waals surface area (Å²) < 4.78 is 1.71. The van der Waals surface area contributed by atoms with Gasteiger partial charge in [-0.05, 0) is 79.0 Å². The number of carbonyl (C=O) groups excluding carboxylic acids is 3. The number of amides is 3. The van der Waals surface area contributed by atoms with E-state index in [2.05, 4.69) is 25.9 Å². The number of nitrogens with one attached hydrogen (secondary N) is 2. The fraction of sp³-hybridized carbons (Fsp3) is 0.429. The van der Waals surface area contributed by atoms with Gasteiger partial charge in [-0.2, -0.15) is 0 Å². The number of aryl methyl sites for hydroxylation is 1. The first-order valence-electron chi connectivity index (χ1n) is 16.2. The monoisotopic (exact) mass is 622 g/mol. The Kier molecular flexibility index (Phi) is 9.97. The Bertz CT molecular complexity index is 1640. The van der Waals surface area contributed by atoms with Gasteiger partial charge < -0.3 is 20.4 Å². The number of pyridine rings is 1. The predicted molar refractivity (Wildman–Crippen MR) is 174 cm³/mol. The maximum Gasteiger partial charge on any atom is 0.243 e. The van der Waals surface area contributed by atoms with E-state index in [1.54, 1.807) is 22.0 Å². The summed E-state index contributed by atoms with van der Waals surface area (Å²) in [7, 11) is 1.84. The second kappa shape index (κ2) is 14.6. The molecule has 6 rings (SSSR count). The number of carbonyl (C=O) groups is 3. The van der Waals surface area contributed by atoms with Crippen LogP contribution in [0.2, 0.25) is 0 Å². The molecular formula is C35H42N8O3. The van der Waals surface area contributed by atoms with Gasteiger partial charge >= 0.3 is 0 Å². The average Bonchev–Trinajstić information content (AvgIpc) is 3.85. The lowest BCUT2D eigenvalue weighted by Gasteiger charge is -2.29. The predicted octanol–water partition coefficient (Wildman–Crippen LogP) is 3.00. The molecule has 0 spiro atoms. The van der Waals surface area contributed by atoms with Crippen molar-refractivity contribution in [2.45, 2.75) is 63.7 Å². The summed E-state index contributed by atoms with van der Waals surface area (Å²) in [6.45, 7) is 2.84. The van der Waals surface area contributed by atoms with Crippen LogP contribution in [0.4, 0.5) is 0 Å². The molecule has 0 aliphatic carbocycles. The van der Waals surface area contributed by atoms with E-state index in [9.17, 15) is 14.4 Å². The number of benzene rings is 2. The first-order chi connectivity index (χ1) is 22.4. The Morgan fingerprint density at radius 2 is 1.72 bits per heavy atom. The van der Waals surface area contributed by atoms with E-state index >= 15 is 0 Å². The van der Waals surface area contributed by atoms with Crippen LogP contribution in [-0.2, 0) is 40.9 Å². The van der Waals surface area contributed by atoms with Crippen molar-refractivity contribution in [1.82, 2.24) is 40.4 Å². The van der Waals surface area contributed by atoms with Crippen LogP contribution in [0, 0.1) is 5.92 Å². The molecule has 11 heteroatoms. The van der Waals surface area contributed by atoms with Gasteiger partial charge in [-0.15, -0.1) is 5.10 Å². The first-order valence-corrected chi connectivity index (χ1v) is 16.2. The van der Waals surface area contributed by atoms with E-state index in [4.69, 9.17) is 0 Å². The topological polar surface area (TPSA) is 125 Å². The molecule has 3 atom stereocenters. The molecule has 11 nitrogen and oxygen atoms in total. The largest absolute Gasteiger partial charge is 0.350 e. The Morgan fingerprint density at radius 1 is 0.935 bits per heavy atom. The number of hydrogen-bond acceptors (Lipinski definition) is 7. The molecule has 0 saturated carbocycles. The van der Waals surface area contributed by atoms with Crippen molar-refractivity contribution in [3.63, 3.8) is 0 Å². The molecule has 2 aromatic carbocycles. The number of aromatic nitrogens is 4. The van der Waals surface area contributed by atoms with Crippen molar-refractivity contribution in [3.05, 3.63) is 89.7 Å². The highest BCUT2D eigenvalue weighted by atomic mass is 16.2. The minimum absolute atomic E-state index is 0.0863. The van der Waals surface area contributed by atoms with Crippen LogP contribution in [0.25, 0.3) is 11.0 Å². The standard InChI is InChI=1S/C35H42N8O3/c1-41-31-11-9-27(20-30(31)39-40-41)23-38-34(45)32-21-28(19-25-13-15-36-16-14-25)24-43(32)35(46)29(37-22-26-7-3-2-4-8-26)10-12-33(44)42-17-5-6-18-42/h2-4,7-9,11,13-16,20,28-29,32,37H,5-6,10,12,17-19,21-24H2,1H3,(H,38,45)/t28-,29-,32+/m1/s1. The van der Waals surface area contributed by atoms with Crippen molar-refractivity contribution in [2.24, 2.45) is 13.0 Å². The minimum Gasteiger partial charge on any atom is -0.350 e. The summed E-state index contributed by atoms with van der Waals surface area (Å²) in [4.78, 5) is 49.0. The van der Waals surface area contributed by atoms with Crippen molar-refractivity contribution in [3.8, 4) is 0 Å². The summed E-state index contributed by atoms with van der Waals surface area (Å²) in [5.74, 6) is -0.120. The highest BCUT2D eigenvalue weighted by Gasteiger charge is 2.41. The van der Waals surface area contributed by atoms with Crippen LogP contribution in [0.3, 0.4) is 0 Å². The molecule has 4 heterocycles. The molecule has 2 aliphatic rings. The van der Waals surface area contributed by atoms with Crippen LogP contribution in [0.1, 0.15) is 48.8 Å². The van der Waals surface area contributed by atoms with Crippen molar-refractivity contribution >= 4 is 28.8 Å². The number of rotatable bonds is 12. The number of likely N-dealkylation sites (tertiary alicyclic amines) is 2. The third kappa shape index (κ3) is 7.59. The van der Waals surface area contributed by atoms with Crippen LogP contribution in [-0.4, -0.2) is 79.2 Å². The van der Waals surface area contributed by atoms with Gasteiger partial charge in [0.25, 0.3) is 0 Å². The summed E-state index contributed by atoms with van der Waals surface area (Å²) in [6, 6.07) is 18.5. The van der Waals surface area contributed by atoms with Crippen molar-refractivity contribution in [1.29, 1.82) is 0 Å². The Hall–Kier alpha value is -4.64. The summed E-state index contributed by atoms with van der Waals surface area (Å²) >= 11 is 0. The molecule has 2 aliphatic heterocycles. The smallest absolute Gasteiger partial charge is 0.243 e. The molecule has 2 fully saturated rings. The van der Waals surface area contributed by atoms with Gasteiger partial charge in [0, 0.05) is 58.6 Å². The average molecular weight is 623 g/mol. The molecule has 0 radical (unpaired) electrons. The zero-order valence-corrected chi connectivity index (χ0v) is 26.3. The molecule has 46 heavy (non-hydrogen) atoms. The number of nitrogens with zero attached hydrogens (tertiary/aromatic N) is 6. The highest BCUT2D eigenvalue weighted by Crippen LogP contribution is 2.28. The lowest BCUT2D eigenvalue weighted by Crippen LogP contribution is -2.52. The van der Waals surface area contributed by atoms with E-state index in [1.165, 1.54) is 0 Å². The van der Waals surface area contributed by atoms with Gasteiger partial charge in [0.2, 0.25) is 17.7 Å². The SMILES string of the molecule is Cn1nnc2cc(CNC(=O)[C@@H]3C[C@@H](Cc4ccncc4)CN3C(=O)[C@@H](CCC(=O)N3CCCC3)NCc3ccccc3)ccc21.